The highest BCUT2D eigenvalue weighted by atomic mass is 16.5. The second-order valence-electron chi connectivity index (χ2n) is 2.06. The van der Waals surface area contributed by atoms with Gasteiger partial charge in [0.1, 0.15) is 0 Å². The van der Waals surface area contributed by atoms with Crippen LogP contribution < -0.4 is 0 Å². The van der Waals surface area contributed by atoms with Crippen LogP contribution in [0.25, 0.3) is 0 Å². The van der Waals surface area contributed by atoms with Crippen LogP contribution in [0.4, 0.5) is 0 Å². The first-order chi connectivity index (χ1) is 4.35. The molecular weight excluding hydrogens is 116 g/mol. The molecule has 0 aromatic carbocycles. The average molecular weight is 132 g/mol. The molecule has 0 aliphatic heterocycles. The van der Waals surface area contributed by atoms with Crippen molar-refractivity contribution >= 4 is 0 Å². The lowest BCUT2D eigenvalue weighted by Gasteiger charge is -1.89. The van der Waals surface area contributed by atoms with E-state index in [4.69, 9.17) is 4.74 Å². The maximum atomic E-state index is 5.15. The number of ether oxygens (including phenoxy) is 2. The van der Waals surface area contributed by atoms with Gasteiger partial charge >= 0.3 is 0 Å². The molecular formula is C7H16O2. The third-order valence-electron chi connectivity index (χ3n) is 0.927. The van der Waals surface area contributed by atoms with Crippen molar-refractivity contribution in [2.24, 2.45) is 0 Å². The topological polar surface area (TPSA) is 18.5 Å². The van der Waals surface area contributed by atoms with Crippen LogP contribution in [0.15, 0.2) is 0 Å². The van der Waals surface area contributed by atoms with Gasteiger partial charge in [0.15, 0.2) is 0 Å². The van der Waals surface area contributed by atoms with E-state index in [0.29, 0.717) is 6.10 Å². The van der Waals surface area contributed by atoms with E-state index in [2.05, 4.69) is 4.74 Å². The molecule has 56 valence electrons. The lowest BCUT2D eigenvalue weighted by atomic mass is 10.8. The fourth-order valence-corrected chi connectivity index (χ4v) is 0.470. The third-order valence-corrected chi connectivity index (χ3v) is 0.927. The van der Waals surface area contributed by atoms with Crippen LogP contribution >= 0.6 is 0 Å². The zero-order valence-electron chi connectivity index (χ0n) is 6.52. The molecule has 1 aliphatic rings. The van der Waals surface area contributed by atoms with E-state index in [9.17, 15) is 0 Å². The molecule has 2 heteroatoms. The van der Waals surface area contributed by atoms with Crippen molar-refractivity contribution in [1.82, 2.24) is 0 Å². The van der Waals surface area contributed by atoms with Gasteiger partial charge in [-0.1, -0.05) is 0 Å². The zero-order valence-corrected chi connectivity index (χ0v) is 6.52. The summed E-state index contributed by atoms with van der Waals surface area (Å²) in [6, 6.07) is 0. The van der Waals surface area contributed by atoms with E-state index in [1.807, 2.05) is 6.92 Å². The van der Waals surface area contributed by atoms with Gasteiger partial charge in [-0.25, -0.2) is 0 Å². The van der Waals surface area contributed by atoms with Gasteiger partial charge in [-0.2, -0.15) is 0 Å². The summed E-state index contributed by atoms with van der Waals surface area (Å²) < 4.78 is 9.40. The molecule has 0 saturated heterocycles. The molecule has 1 fully saturated rings. The lowest BCUT2D eigenvalue weighted by Crippen LogP contribution is -1.89. The van der Waals surface area contributed by atoms with E-state index in [1.165, 1.54) is 12.8 Å². The van der Waals surface area contributed by atoms with Gasteiger partial charge in [-0.3, -0.25) is 0 Å². The van der Waals surface area contributed by atoms with E-state index >= 15 is 0 Å². The Morgan fingerprint density at radius 1 is 1.33 bits per heavy atom. The molecule has 9 heavy (non-hydrogen) atoms. The quantitative estimate of drug-likeness (QED) is 0.566. The fraction of sp³-hybridized carbons (Fsp3) is 1.00. The van der Waals surface area contributed by atoms with Crippen molar-refractivity contribution in [2.75, 3.05) is 20.8 Å². The van der Waals surface area contributed by atoms with Crippen LogP contribution in [0, 0.1) is 0 Å². The van der Waals surface area contributed by atoms with Gasteiger partial charge in [0.25, 0.3) is 0 Å². The number of hydrogen-bond acceptors (Lipinski definition) is 2. The van der Waals surface area contributed by atoms with Crippen molar-refractivity contribution in [3.8, 4) is 0 Å². The van der Waals surface area contributed by atoms with Crippen molar-refractivity contribution in [1.29, 1.82) is 0 Å². The summed E-state index contributed by atoms with van der Waals surface area (Å²) in [7, 11) is 3.25. The van der Waals surface area contributed by atoms with Gasteiger partial charge in [-0.05, 0) is 19.8 Å². The highest BCUT2D eigenvalue weighted by Crippen LogP contribution is 2.22. The highest BCUT2D eigenvalue weighted by Gasteiger charge is 2.20. The highest BCUT2D eigenvalue weighted by molar-refractivity contribution is 4.72. The summed E-state index contributed by atoms with van der Waals surface area (Å²) in [5.74, 6) is 0. The Morgan fingerprint density at radius 2 is 1.78 bits per heavy atom. The molecule has 0 aromatic rings. The van der Waals surface area contributed by atoms with Crippen LogP contribution in [0.2, 0.25) is 0 Å². The predicted octanol–water partition coefficient (Wildman–Crippen LogP) is 1.45. The summed E-state index contributed by atoms with van der Waals surface area (Å²) in [6.45, 7) is 2.93. The van der Waals surface area contributed by atoms with Crippen LogP contribution in [0.3, 0.4) is 0 Å². The second kappa shape index (κ2) is 6.05. The standard InChI is InChI=1S/C5H10O.C2H6O/c1-2-6-5-3-4-5;1-3-2/h5H,2-4H2,1H3;1-2H3. The summed E-state index contributed by atoms with van der Waals surface area (Å²) in [6.07, 6.45) is 3.25. The maximum absolute atomic E-state index is 5.15. The Bertz CT molecular complexity index is 50.9. The molecule has 0 radical (unpaired) electrons. The third kappa shape index (κ3) is 7.92. The number of methoxy groups -OCH3 is 1. The van der Waals surface area contributed by atoms with Crippen molar-refractivity contribution in [3.05, 3.63) is 0 Å². The van der Waals surface area contributed by atoms with Gasteiger partial charge in [0, 0.05) is 20.8 Å². The molecule has 0 N–H and O–H groups in total. The predicted molar refractivity (Wildman–Crippen MR) is 37.6 cm³/mol. The van der Waals surface area contributed by atoms with Gasteiger partial charge in [0.05, 0.1) is 6.10 Å². The SMILES string of the molecule is CCOC1CC1.COC. The van der Waals surface area contributed by atoms with Gasteiger partial charge in [0.2, 0.25) is 0 Å². The minimum Gasteiger partial charge on any atom is -0.388 e. The lowest BCUT2D eigenvalue weighted by molar-refractivity contribution is 0.133. The molecule has 2 nitrogen and oxygen atoms in total. The average Bonchev–Trinajstić information content (AvgIpc) is 2.53. The van der Waals surface area contributed by atoms with E-state index in [0.717, 1.165) is 6.61 Å². The minimum atomic E-state index is 0.648. The van der Waals surface area contributed by atoms with E-state index in [1.54, 1.807) is 14.2 Å². The Kier molecular flexibility index (Phi) is 5.99. The molecule has 0 atom stereocenters. The largest absolute Gasteiger partial charge is 0.388 e. The molecule has 0 bridgehead atoms. The first-order valence-electron chi connectivity index (χ1n) is 3.36. The Hall–Kier alpha value is -0.0800. The molecule has 1 saturated carbocycles. The monoisotopic (exact) mass is 132 g/mol. The summed E-state index contributed by atoms with van der Waals surface area (Å²) in [4.78, 5) is 0. The zero-order chi connectivity index (χ0) is 7.11. The van der Waals surface area contributed by atoms with E-state index in [-0.39, 0.29) is 0 Å². The smallest absolute Gasteiger partial charge is 0.0576 e. The molecule has 0 unspecified atom stereocenters. The molecule has 1 aliphatic carbocycles. The molecule has 0 amide bonds. The first-order valence-corrected chi connectivity index (χ1v) is 3.36. The molecule has 0 spiro atoms. The minimum absolute atomic E-state index is 0.648. The van der Waals surface area contributed by atoms with Crippen LogP contribution in [0.1, 0.15) is 19.8 Å². The normalized spacial score (nSPS) is 16.3. The van der Waals surface area contributed by atoms with E-state index < -0.39 is 0 Å². The summed E-state index contributed by atoms with van der Waals surface area (Å²) in [5.41, 5.74) is 0. The Balaban J connectivity index is 0.000000187. The maximum Gasteiger partial charge on any atom is 0.0576 e. The Morgan fingerprint density at radius 3 is 1.89 bits per heavy atom. The Labute approximate surface area is 57.2 Å². The van der Waals surface area contributed by atoms with Crippen molar-refractivity contribution in [2.45, 2.75) is 25.9 Å². The summed E-state index contributed by atoms with van der Waals surface area (Å²) >= 11 is 0. The summed E-state index contributed by atoms with van der Waals surface area (Å²) in [5, 5.41) is 0. The molecule has 0 heterocycles. The fourth-order valence-electron chi connectivity index (χ4n) is 0.470. The number of hydrogen-bond donors (Lipinski definition) is 0. The van der Waals surface area contributed by atoms with Crippen molar-refractivity contribution in [3.63, 3.8) is 0 Å². The molecule has 1 rings (SSSR count). The number of rotatable bonds is 2. The van der Waals surface area contributed by atoms with Gasteiger partial charge in [-0.15, -0.1) is 0 Å². The van der Waals surface area contributed by atoms with Crippen molar-refractivity contribution < 1.29 is 9.47 Å². The van der Waals surface area contributed by atoms with Crippen LogP contribution in [-0.2, 0) is 9.47 Å². The van der Waals surface area contributed by atoms with Crippen LogP contribution in [-0.4, -0.2) is 26.9 Å². The second-order valence-corrected chi connectivity index (χ2v) is 2.06. The first kappa shape index (κ1) is 8.92. The van der Waals surface area contributed by atoms with Gasteiger partial charge < -0.3 is 9.47 Å². The molecule has 0 aromatic heterocycles. The van der Waals surface area contributed by atoms with Crippen LogP contribution in [0.5, 0.6) is 0 Å².